The van der Waals surface area contributed by atoms with Crippen molar-refractivity contribution in [3.63, 3.8) is 0 Å². The van der Waals surface area contributed by atoms with Gasteiger partial charge >= 0.3 is 0 Å². The minimum absolute atomic E-state index is 0.0236. The van der Waals surface area contributed by atoms with E-state index in [1.807, 2.05) is 32.9 Å². The van der Waals surface area contributed by atoms with Gasteiger partial charge in [0.05, 0.1) is 11.6 Å². The number of benzene rings is 1. The van der Waals surface area contributed by atoms with Gasteiger partial charge in [-0.05, 0) is 32.9 Å². The fourth-order valence-electron chi connectivity index (χ4n) is 1.13. The molecule has 0 aliphatic heterocycles. The summed E-state index contributed by atoms with van der Waals surface area (Å²) in [6.07, 6.45) is 0. The second-order valence-corrected chi connectivity index (χ2v) is 4.91. The van der Waals surface area contributed by atoms with Crippen LogP contribution in [0.4, 0.5) is 0 Å². The highest BCUT2D eigenvalue weighted by Gasteiger charge is 2.14. The fourth-order valence-corrected chi connectivity index (χ4v) is 1.37. The Labute approximate surface area is 95.6 Å². The normalized spacial score (nSPS) is 11.5. The van der Waals surface area contributed by atoms with E-state index in [0.717, 1.165) is 0 Å². The van der Waals surface area contributed by atoms with Crippen molar-refractivity contribution in [2.75, 3.05) is 6.54 Å². The summed E-state index contributed by atoms with van der Waals surface area (Å²) in [5.74, 6) is 0.0236. The Morgan fingerprint density at radius 2 is 1.93 bits per heavy atom. The van der Waals surface area contributed by atoms with E-state index < -0.39 is 0 Å². The third-order valence-electron chi connectivity index (χ3n) is 1.95. The summed E-state index contributed by atoms with van der Waals surface area (Å²) in [7, 11) is 0. The van der Waals surface area contributed by atoms with Crippen molar-refractivity contribution in [3.8, 4) is 0 Å². The molecular weight excluding hydrogens is 210 g/mol. The van der Waals surface area contributed by atoms with E-state index in [1.165, 1.54) is 0 Å². The Balaban J connectivity index is 2.66. The van der Waals surface area contributed by atoms with Crippen LogP contribution < -0.4 is 5.32 Å². The van der Waals surface area contributed by atoms with Gasteiger partial charge in [-0.1, -0.05) is 23.7 Å². The van der Waals surface area contributed by atoms with E-state index in [-0.39, 0.29) is 11.3 Å². The van der Waals surface area contributed by atoms with Crippen molar-refractivity contribution in [3.05, 3.63) is 34.9 Å². The maximum atomic E-state index is 11.8. The molecule has 15 heavy (non-hydrogen) atoms. The molecule has 0 amide bonds. The third-order valence-corrected chi connectivity index (χ3v) is 2.28. The molecule has 0 aromatic heterocycles. The van der Waals surface area contributed by atoms with Gasteiger partial charge < -0.3 is 5.32 Å². The van der Waals surface area contributed by atoms with Crippen LogP contribution in [0.5, 0.6) is 0 Å². The Bertz CT molecular complexity index is 355. The minimum Gasteiger partial charge on any atom is -0.305 e. The fraction of sp³-hybridized carbons (Fsp3) is 0.417. The van der Waals surface area contributed by atoms with Crippen molar-refractivity contribution >= 4 is 17.4 Å². The van der Waals surface area contributed by atoms with Crippen LogP contribution in [-0.2, 0) is 0 Å². The molecule has 1 aromatic carbocycles. The van der Waals surface area contributed by atoms with E-state index in [2.05, 4.69) is 5.32 Å². The molecular formula is C12H16ClNO. The first-order chi connectivity index (χ1) is 6.90. The molecule has 2 nitrogen and oxygen atoms in total. The van der Waals surface area contributed by atoms with E-state index in [0.29, 0.717) is 17.1 Å². The number of ketones is 1. The zero-order valence-corrected chi connectivity index (χ0v) is 10.1. The molecule has 0 atom stereocenters. The highest BCUT2D eigenvalue weighted by molar-refractivity contribution is 6.34. The maximum absolute atomic E-state index is 11.8. The van der Waals surface area contributed by atoms with Crippen molar-refractivity contribution < 1.29 is 4.79 Å². The second kappa shape index (κ2) is 4.77. The quantitative estimate of drug-likeness (QED) is 0.802. The summed E-state index contributed by atoms with van der Waals surface area (Å²) in [6, 6.07) is 7.10. The molecule has 0 unspecified atom stereocenters. The first-order valence-corrected chi connectivity index (χ1v) is 5.31. The first kappa shape index (κ1) is 12.2. The Morgan fingerprint density at radius 3 is 2.47 bits per heavy atom. The van der Waals surface area contributed by atoms with Gasteiger partial charge in [-0.3, -0.25) is 4.79 Å². The molecule has 0 spiro atoms. The Kier molecular flexibility index (Phi) is 3.89. The van der Waals surface area contributed by atoms with Gasteiger partial charge in [0.2, 0.25) is 0 Å². The minimum atomic E-state index is -0.0586. The molecule has 0 saturated carbocycles. The van der Waals surface area contributed by atoms with Crippen LogP contribution in [0, 0.1) is 0 Å². The van der Waals surface area contributed by atoms with Crippen molar-refractivity contribution in [2.24, 2.45) is 0 Å². The Morgan fingerprint density at radius 1 is 1.33 bits per heavy atom. The van der Waals surface area contributed by atoms with Gasteiger partial charge in [0.25, 0.3) is 0 Å². The van der Waals surface area contributed by atoms with Crippen LogP contribution in [0.3, 0.4) is 0 Å². The van der Waals surface area contributed by atoms with Crippen LogP contribution in [0.1, 0.15) is 31.1 Å². The number of carbonyl (C=O) groups excluding carboxylic acids is 1. The lowest BCUT2D eigenvalue weighted by Crippen LogP contribution is -2.39. The maximum Gasteiger partial charge on any atom is 0.178 e. The molecule has 3 heteroatoms. The zero-order chi connectivity index (χ0) is 11.5. The summed E-state index contributed by atoms with van der Waals surface area (Å²) in [5.41, 5.74) is 0.521. The molecule has 1 rings (SSSR count). The summed E-state index contributed by atoms with van der Waals surface area (Å²) >= 11 is 5.92. The molecule has 0 heterocycles. The van der Waals surface area contributed by atoms with Crippen molar-refractivity contribution in [2.45, 2.75) is 26.3 Å². The molecule has 82 valence electrons. The topological polar surface area (TPSA) is 29.1 Å². The third kappa shape index (κ3) is 4.02. The van der Waals surface area contributed by atoms with Crippen LogP contribution in [0.25, 0.3) is 0 Å². The molecule has 0 saturated heterocycles. The highest BCUT2D eigenvalue weighted by atomic mass is 35.5. The lowest BCUT2D eigenvalue weighted by molar-refractivity contribution is 0.0982. The second-order valence-electron chi connectivity index (χ2n) is 4.51. The van der Waals surface area contributed by atoms with Crippen LogP contribution in [-0.4, -0.2) is 17.9 Å². The highest BCUT2D eigenvalue weighted by Crippen LogP contribution is 2.15. The summed E-state index contributed by atoms with van der Waals surface area (Å²) < 4.78 is 0. The van der Waals surface area contributed by atoms with E-state index in [1.54, 1.807) is 12.1 Å². The SMILES string of the molecule is CC(C)(C)NCC(=O)c1ccccc1Cl. The van der Waals surface area contributed by atoms with Crippen LogP contribution in [0.15, 0.2) is 24.3 Å². The monoisotopic (exact) mass is 225 g/mol. The lowest BCUT2D eigenvalue weighted by atomic mass is 10.1. The van der Waals surface area contributed by atoms with Crippen molar-refractivity contribution in [1.29, 1.82) is 0 Å². The van der Waals surface area contributed by atoms with E-state index in [9.17, 15) is 4.79 Å². The molecule has 0 aliphatic rings. The smallest absolute Gasteiger partial charge is 0.178 e. The van der Waals surface area contributed by atoms with Gasteiger partial charge in [-0.15, -0.1) is 0 Å². The number of halogens is 1. The number of hydrogen-bond acceptors (Lipinski definition) is 2. The summed E-state index contributed by atoms with van der Waals surface area (Å²) in [5, 5.41) is 3.65. The van der Waals surface area contributed by atoms with Crippen LogP contribution in [0.2, 0.25) is 5.02 Å². The average molecular weight is 226 g/mol. The number of hydrogen-bond donors (Lipinski definition) is 1. The largest absolute Gasteiger partial charge is 0.305 e. The number of Topliss-reactive ketones (excluding diaryl/α,β-unsaturated/α-hetero) is 1. The molecule has 0 bridgehead atoms. The van der Waals surface area contributed by atoms with Gasteiger partial charge in [0.1, 0.15) is 0 Å². The van der Waals surface area contributed by atoms with Gasteiger partial charge in [0, 0.05) is 11.1 Å². The average Bonchev–Trinajstić information content (AvgIpc) is 2.14. The first-order valence-electron chi connectivity index (χ1n) is 4.93. The number of rotatable bonds is 3. The van der Waals surface area contributed by atoms with E-state index >= 15 is 0 Å². The molecule has 0 aliphatic carbocycles. The summed E-state index contributed by atoms with van der Waals surface area (Å²) in [4.78, 5) is 11.8. The zero-order valence-electron chi connectivity index (χ0n) is 9.30. The van der Waals surface area contributed by atoms with Crippen molar-refractivity contribution in [1.82, 2.24) is 5.32 Å². The predicted octanol–water partition coefficient (Wildman–Crippen LogP) is 2.91. The van der Waals surface area contributed by atoms with Crippen LogP contribution >= 0.6 is 11.6 Å². The standard InChI is InChI=1S/C12H16ClNO/c1-12(2,3)14-8-11(15)9-6-4-5-7-10(9)13/h4-7,14H,8H2,1-3H3. The predicted molar refractivity (Wildman–Crippen MR) is 63.5 cm³/mol. The Hall–Kier alpha value is -0.860. The molecule has 0 fully saturated rings. The van der Waals surface area contributed by atoms with E-state index in [4.69, 9.17) is 11.6 Å². The van der Waals surface area contributed by atoms with Gasteiger partial charge in [-0.25, -0.2) is 0 Å². The number of carbonyl (C=O) groups is 1. The van der Waals surface area contributed by atoms with Gasteiger partial charge in [0.15, 0.2) is 5.78 Å². The molecule has 0 radical (unpaired) electrons. The molecule has 1 N–H and O–H groups in total. The number of nitrogens with one attached hydrogen (secondary N) is 1. The molecule has 1 aromatic rings. The summed E-state index contributed by atoms with van der Waals surface area (Å²) in [6.45, 7) is 6.37. The van der Waals surface area contributed by atoms with Gasteiger partial charge in [-0.2, -0.15) is 0 Å². The lowest BCUT2D eigenvalue weighted by Gasteiger charge is -2.19.